The molecule has 0 radical (unpaired) electrons. The second-order valence-corrected chi connectivity index (χ2v) is 6.00. The van der Waals surface area contributed by atoms with Crippen LogP contribution in [0, 0.1) is 6.92 Å². The van der Waals surface area contributed by atoms with E-state index in [1.54, 1.807) is 0 Å². The lowest BCUT2D eigenvalue weighted by Gasteiger charge is -2.05. The Morgan fingerprint density at radius 1 is 1.05 bits per heavy atom. The fourth-order valence-electron chi connectivity index (χ4n) is 2.32. The standard InChI is InChI=1S/C18H16N2OS/c1-13-8-10-16(11-9-13)20-17(15-6-4-3-5-7-15)12-22-18(20)19-14(2)21/h3-12H,1-2H3/p+1. The molecule has 1 N–H and O–H groups in total. The molecule has 3 nitrogen and oxygen atoms in total. The molecule has 110 valence electrons. The number of thiazole rings is 1. The Kier molecular flexibility index (Phi) is 4.02. The van der Waals surface area contributed by atoms with Crippen LogP contribution in [-0.2, 0) is 4.79 Å². The highest BCUT2D eigenvalue weighted by Crippen LogP contribution is 2.25. The van der Waals surface area contributed by atoms with Gasteiger partial charge >= 0.3 is 11.0 Å². The fourth-order valence-corrected chi connectivity index (χ4v) is 3.30. The second-order valence-electron chi connectivity index (χ2n) is 5.14. The Bertz CT molecular complexity index is 792. The van der Waals surface area contributed by atoms with E-state index in [9.17, 15) is 4.79 Å². The van der Waals surface area contributed by atoms with Crippen molar-refractivity contribution in [3.8, 4) is 16.9 Å². The van der Waals surface area contributed by atoms with Crippen molar-refractivity contribution in [2.24, 2.45) is 0 Å². The molecule has 0 fully saturated rings. The summed E-state index contributed by atoms with van der Waals surface area (Å²) in [5.74, 6) is -0.0673. The van der Waals surface area contributed by atoms with Gasteiger partial charge in [-0.1, -0.05) is 59.4 Å². The van der Waals surface area contributed by atoms with Crippen LogP contribution in [0.25, 0.3) is 16.9 Å². The van der Waals surface area contributed by atoms with Gasteiger partial charge in [-0.2, -0.15) is 4.57 Å². The van der Waals surface area contributed by atoms with E-state index in [0.29, 0.717) is 0 Å². The van der Waals surface area contributed by atoms with Crippen LogP contribution < -0.4 is 9.88 Å². The number of benzene rings is 2. The van der Waals surface area contributed by atoms with Crippen molar-refractivity contribution in [2.45, 2.75) is 13.8 Å². The quantitative estimate of drug-likeness (QED) is 0.730. The number of aryl methyl sites for hydroxylation is 1. The fraction of sp³-hybridized carbons (Fsp3) is 0.111. The average Bonchev–Trinajstić information content (AvgIpc) is 2.92. The molecule has 4 heteroatoms. The molecule has 0 spiro atoms. The van der Waals surface area contributed by atoms with Gasteiger partial charge in [-0.3, -0.25) is 0 Å². The lowest BCUT2D eigenvalue weighted by Crippen LogP contribution is -2.35. The van der Waals surface area contributed by atoms with Gasteiger partial charge in [-0.25, -0.2) is 10.1 Å². The maximum Gasteiger partial charge on any atom is 0.346 e. The zero-order valence-corrected chi connectivity index (χ0v) is 13.4. The zero-order valence-electron chi connectivity index (χ0n) is 12.5. The summed E-state index contributed by atoms with van der Waals surface area (Å²) in [7, 11) is 0. The number of carbonyl (C=O) groups excluding carboxylic acids is 1. The van der Waals surface area contributed by atoms with Crippen LogP contribution in [0.2, 0.25) is 0 Å². The number of anilines is 1. The Morgan fingerprint density at radius 3 is 2.36 bits per heavy atom. The van der Waals surface area contributed by atoms with Crippen LogP contribution in [0.3, 0.4) is 0 Å². The summed E-state index contributed by atoms with van der Waals surface area (Å²) in [6, 6.07) is 18.5. The van der Waals surface area contributed by atoms with Gasteiger partial charge in [0.05, 0.1) is 0 Å². The van der Waals surface area contributed by atoms with E-state index in [4.69, 9.17) is 0 Å². The summed E-state index contributed by atoms with van der Waals surface area (Å²) in [6.07, 6.45) is 0. The SMILES string of the molecule is CC(=O)Nc1scc(-c2ccccc2)[n+]1-c1ccc(C)cc1. The van der Waals surface area contributed by atoms with Gasteiger partial charge in [0.15, 0.2) is 5.69 Å². The van der Waals surface area contributed by atoms with Crippen molar-refractivity contribution in [1.82, 2.24) is 0 Å². The molecule has 0 aliphatic carbocycles. The molecule has 0 atom stereocenters. The number of aromatic nitrogens is 1. The molecular weight excluding hydrogens is 292 g/mol. The Labute approximate surface area is 133 Å². The molecule has 0 unspecified atom stereocenters. The summed E-state index contributed by atoms with van der Waals surface area (Å²) in [5, 5.41) is 5.80. The average molecular weight is 309 g/mol. The molecule has 1 amide bonds. The van der Waals surface area contributed by atoms with Crippen molar-refractivity contribution in [2.75, 3.05) is 5.32 Å². The molecular formula is C18H17N2OS+. The van der Waals surface area contributed by atoms with E-state index in [1.807, 2.05) is 18.2 Å². The highest BCUT2D eigenvalue weighted by molar-refractivity contribution is 7.13. The van der Waals surface area contributed by atoms with Gasteiger partial charge in [-0.05, 0) is 19.1 Å². The summed E-state index contributed by atoms with van der Waals surface area (Å²) in [5.41, 5.74) is 4.44. The molecule has 0 saturated carbocycles. The van der Waals surface area contributed by atoms with Gasteiger partial charge in [0, 0.05) is 17.9 Å². The van der Waals surface area contributed by atoms with E-state index in [-0.39, 0.29) is 5.91 Å². The van der Waals surface area contributed by atoms with E-state index < -0.39 is 0 Å². The van der Waals surface area contributed by atoms with E-state index in [2.05, 4.69) is 58.6 Å². The topological polar surface area (TPSA) is 33.0 Å². The lowest BCUT2D eigenvalue weighted by molar-refractivity contribution is -0.563. The van der Waals surface area contributed by atoms with Crippen LogP contribution in [0.4, 0.5) is 5.13 Å². The Morgan fingerprint density at radius 2 is 1.73 bits per heavy atom. The highest BCUT2D eigenvalue weighted by atomic mass is 32.1. The van der Waals surface area contributed by atoms with Crippen molar-refractivity contribution >= 4 is 22.4 Å². The number of nitrogens with one attached hydrogen (secondary N) is 1. The van der Waals surface area contributed by atoms with Crippen LogP contribution in [0.15, 0.2) is 60.0 Å². The number of hydrogen-bond donors (Lipinski definition) is 1. The predicted molar refractivity (Wildman–Crippen MR) is 90.3 cm³/mol. The number of rotatable bonds is 3. The van der Waals surface area contributed by atoms with Gasteiger partial charge < -0.3 is 0 Å². The molecule has 22 heavy (non-hydrogen) atoms. The third-order valence-corrected chi connectivity index (χ3v) is 4.22. The van der Waals surface area contributed by atoms with Crippen LogP contribution in [0.1, 0.15) is 12.5 Å². The first kappa shape index (κ1) is 14.5. The highest BCUT2D eigenvalue weighted by Gasteiger charge is 2.22. The summed E-state index contributed by atoms with van der Waals surface area (Å²) < 4.78 is 2.08. The van der Waals surface area contributed by atoms with Crippen LogP contribution in [0.5, 0.6) is 0 Å². The normalized spacial score (nSPS) is 10.5. The minimum atomic E-state index is -0.0673. The number of nitrogens with zero attached hydrogens (tertiary/aromatic N) is 1. The Balaban J connectivity index is 2.17. The maximum atomic E-state index is 11.5. The third kappa shape index (κ3) is 2.92. The van der Waals surface area contributed by atoms with Gasteiger partial charge in [0.2, 0.25) is 0 Å². The minimum Gasteiger partial charge on any atom is -0.247 e. The summed E-state index contributed by atoms with van der Waals surface area (Å²) >= 11 is 1.53. The van der Waals surface area contributed by atoms with E-state index in [0.717, 1.165) is 22.1 Å². The number of carbonyl (C=O) groups is 1. The molecule has 0 saturated heterocycles. The van der Waals surface area contributed by atoms with Crippen molar-refractivity contribution in [3.05, 3.63) is 65.5 Å². The molecule has 1 aromatic heterocycles. The first-order valence-electron chi connectivity index (χ1n) is 7.09. The van der Waals surface area contributed by atoms with E-state index >= 15 is 0 Å². The largest absolute Gasteiger partial charge is 0.346 e. The third-order valence-electron chi connectivity index (χ3n) is 3.37. The molecule has 3 aromatic rings. The van der Waals surface area contributed by atoms with Gasteiger partial charge in [0.1, 0.15) is 5.69 Å². The molecule has 2 aromatic carbocycles. The number of hydrogen-bond acceptors (Lipinski definition) is 2. The monoisotopic (exact) mass is 309 g/mol. The second kappa shape index (κ2) is 6.12. The van der Waals surface area contributed by atoms with Crippen LogP contribution in [-0.4, -0.2) is 5.91 Å². The maximum absolute atomic E-state index is 11.5. The van der Waals surface area contributed by atoms with Crippen molar-refractivity contribution < 1.29 is 9.36 Å². The van der Waals surface area contributed by atoms with E-state index in [1.165, 1.54) is 23.8 Å². The lowest BCUT2D eigenvalue weighted by atomic mass is 10.1. The minimum absolute atomic E-state index is 0.0673. The molecule has 0 aliphatic rings. The zero-order chi connectivity index (χ0) is 15.5. The smallest absolute Gasteiger partial charge is 0.247 e. The first-order valence-corrected chi connectivity index (χ1v) is 7.97. The Hall–Kier alpha value is -2.46. The molecule has 3 rings (SSSR count). The van der Waals surface area contributed by atoms with Gasteiger partial charge in [0.25, 0.3) is 0 Å². The van der Waals surface area contributed by atoms with Crippen LogP contribution >= 0.6 is 11.3 Å². The molecule has 0 bridgehead atoms. The first-order chi connectivity index (χ1) is 10.6. The van der Waals surface area contributed by atoms with Gasteiger partial charge in [-0.15, -0.1) is 0 Å². The molecule has 0 aliphatic heterocycles. The number of amides is 1. The predicted octanol–water partition coefficient (Wildman–Crippen LogP) is 3.96. The summed E-state index contributed by atoms with van der Waals surface area (Å²) in [4.78, 5) is 11.5. The van der Waals surface area contributed by atoms with Crippen molar-refractivity contribution in [3.63, 3.8) is 0 Å². The van der Waals surface area contributed by atoms with Crippen molar-refractivity contribution in [1.29, 1.82) is 0 Å². The molecule has 1 heterocycles. The summed E-state index contributed by atoms with van der Waals surface area (Å²) in [6.45, 7) is 3.59.